The molecule has 0 fully saturated rings. The molecule has 2 atom stereocenters. The highest BCUT2D eigenvalue weighted by Crippen LogP contribution is 2.32. The first-order valence-electron chi connectivity index (χ1n) is 17.9. The van der Waals surface area contributed by atoms with Gasteiger partial charge in [0.1, 0.15) is 35.5 Å². The highest BCUT2D eigenvalue weighted by atomic mass is 19.3. The molecule has 13 heteroatoms. The van der Waals surface area contributed by atoms with Gasteiger partial charge >= 0.3 is 0 Å². The van der Waals surface area contributed by atoms with E-state index in [1.54, 1.807) is 0 Å². The van der Waals surface area contributed by atoms with E-state index in [1.807, 2.05) is 43.3 Å². The molecule has 0 saturated carbocycles. The fraction of sp³-hybridized carbons (Fsp3) is 0.462. The summed E-state index contributed by atoms with van der Waals surface area (Å²) >= 11 is 0. The number of rotatable bonds is 18. The first-order valence-corrected chi connectivity index (χ1v) is 17.9. The quantitative estimate of drug-likeness (QED) is 0.0784. The van der Waals surface area contributed by atoms with Crippen LogP contribution < -0.4 is 15.8 Å². The Hall–Kier alpha value is -4.33. The molecule has 2 heterocycles. The van der Waals surface area contributed by atoms with Gasteiger partial charge in [-0.25, -0.2) is 27.5 Å². The van der Waals surface area contributed by atoms with Gasteiger partial charge in [-0.3, -0.25) is 4.68 Å². The van der Waals surface area contributed by atoms with Gasteiger partial charge in [-0.05, 0) is 56.1 Å². The summed E-state index contributed by atoms with van der Waals surface area (Å²) in [6, 6.07) is 11.5. The summed E-state index contributed by atoms with van der Waals surface area (Å²) in [6.07, 6.45) is 5.59. The molecule has 0 amide bonds. The molecular weight excluding hydrogens is 676 g/mol. The Morgan fingerprint density at radius 3 is 2.50 bits per heavy atom. The topological polar surface area (TPSA) is 109 Å². The maximum Gasteiger partial charge on any atom is 0.260 e. The van der Waals surface area contributed by atoms with E-state index in [1.165, 1.54) is 17.9 Å². The normalized spacial score (nSPS) is 16.5. The molecule has 0 radical (unpaired) electrons. The molecule has 5 rings (SSSR count). The molecule has 1 aliphatic carbocycles. The van der Waals surface area contributed by atoms with E-state index in [2.05, 4.69) is 12.2 Å². The summed E-state index contributed by atoms with van der Waals surface area (Å²) < 4.78 is 76.2. The van der Waals surface area contributed by atoms with E-state index < -0.39 is 18.1 Å². The summed E-state index contributed by atoms with van der Waals surface area (Å²) in [7, 11) is 1.51. The third-order valence-electron chi connectivity index (χ3n) is 9.05. The lowest BCUT2D eigenvalue weighted by molar-refractivity contribution is 0.137. The smallest absolute Gasteiger partial charge is 0.260 e. The van der Waals surface area contributed by atoms with Crippen molar-refractivity contribution in [3.05, 3.63) is 88.8 Å². The van der Waals surface area contributed by atoms with Crippen LogP contribution in [0.4, 0.5) is 23.4 Å². The van der Waals surface area contributed by atoms with Gasteiger partial charge in [0.25, 0.3) is 6.43 Å². The number of ether oxygens (including phenoxy) is 3. The number of hydrogen-bond donors (Lipinski definition) is 2. The predicted octanol–water partition coefficient (Wildman–Crippen LogP) is 8.09. The van der Waals surface area contributed by atoms with Gasteiger partial charge in [-0.1, -0.05) is 44.5 Å². The number of nitrogens with zero attached hydrogens (tertiary/aromatic N) is 4. The zero-order chi connectivity index (χ0) is 37.0. The minimum atomic E-state index is -2.58. The molecule has 3 N–H and O–H groups in total. The molecule has 2 unspecified atom stereocenters. The average Bonchev–Trinajstić information content (AvgIpc) is 3.48. The van der Waals surface area contributed by atoms with Gasteiger partial charge in [-0.2, -0.15) is 5.10 Å². The first kappa shape index (κ1) is 38.9. The highest BCUT2D eigenvalue weighted by molar-refractivity contribution is 5.91. The SMILES string of the molecule is COCCOc1cc(F)c(Cn2nc(-c3nc(CCCCCOCCN)cc(NC4=CC(C)CCC(C)C(C(F)F)=C4)n3)c3ccccc32)c(F)c1. The van der Waals surface area contributed by atoms with Gasteiger partial charge in [0.05, 0.1) is 25.3 Å². The van der Waals surface area contributed by atoms with Crippen molar-refractivity contribution in [2.75, 3.05) is 45.4 Å². The van der Waals surface area contributed by atoms with Crippen molar-refractivity contribution in [3.8, 4) is 17.3 Å². The molecule has 280 valence electrons. The average molecular weight is 725 g/mol. The molecule has 1 aliphatic rings. The molecule has 9 nitrogen and oxygen atoms in total. The maximum absolute atomic E-state index is 15.3. The van der Waals surface area contributed by atoms with Crippen LogP contribution in [0.5, 0.6) is 5.75 Å². The van der Waals surface area contributed by atoms with Crippen molar-refractivity contribution >= 4 is 16.7 Å². The van der Waals surface area contributed by atoms with Crippen LogP contribution in [-0.4, -0.2) is 66.3 Å². The third kappa shape index (κ3) is 10.4. The van der Waals surface area contributed by atoms with Crippen molar-refractivity contribution < 1.29 is 31.8 Å². The molecule has 0 aliphatic heterocycles. The van der Waals surface area contributed by atoms with Gasteiger partial charge in [0.15, 0.2) is 5.82 Å². The number of fused-ring (bicyclic) bond motifs is 1. The Morgan fingerprint density at radius 2 is 1.75 bits per heavy atom. The lowest BCUT2D eigenvalue weighted by Gasteiger charge is -2.22. The summed E-state index contributed by atoms with van der Waals surface area (Å²) in [5.74, 6) is -0.832. The number of benzene rings is 2. The second-order valence-corrected chi connectivity index (χ2v) is 13.2. The van der Waals surface area contributed by atoms with E-state index in [0.717, 1.165) is 43.5 Å². The van der Waals surface area contributed by atoms with Crippen molar-refractivity contribution in [1.82, 2.24) is 19.7 Å². The largest absolute Gasteiger partial charge is 0.491 e. The van der Waals surface area contributed by atoms with Crippen LogP contribution in [0.25, 0.3) is 22.4 Å². The number of hydrogen-bond acceptors (Lipinski definition) is 8. The summed E-state index contributed by atoms with van der Waals surface area (Å²) in [4.78, 5) is 9.73. The fourth-order valence-corrected chi connectivity index (χ4v) is 6.23. The molecule has 2 aromatic carbocycles. The summed E-state index contributed by atoms with van der Waals surface area (Å²) in [5.41, 5.74) is 7.76. The second kappa shape index (κ2) is 19.0. The van der Waals surface area contributed by atoms with Crippen LogP contribution in [0.3, 0.4) is 0 Å². The number of anilines is 1. The van der Waals surface area contributed by atoms with Crippen LogP contribution in [0.2, 0.25) is 0 Å². The van der Waals surface area contributed by atoms with Crippen molar-refractivity contribution in [3.63, 3.8) is 0 Å². The van der Waals surface area contributed by atoms with E-state index in [0.29, 0.717) is 66.5 Å². The van der Waals surface area contributed by atoms with Crippen molar-refractivity contribution in [1.29, 1.82) is 0 Å². The zero-order valence-corrected chi connectivity index (χ0v) is 30.0. The minimum absolute atomic E-state index is 0.0638. The minimum Gasteiger partial charge on any atom is -0.491 e. The molecule has 0 saturated heterocycles. The van der Waals surface area contributed by atoms with Gasteiger partial charge in [0, 0.05) is 66.4 Å². The van der Waals surface area contributed by atoms with Crippen LogP contribution in [0.15, 0.2) is 65.9 Å². The number of alkyl halides is 2. The number of nitrogens with two attached hydrogens (primary N) is 1. The molecule has 0 bridgehead atoms. The lowest BCUT2D eigenvalue weighted by Crippen LogP contribution is -2.14. The van der Waals surface area contributed by atoms with E-state index in [-0.39, 0.29) is 48.5 Å². The van der Waals surface area contributed by atoms with Crippen molar-refractivity contribution in [2.45, 2.75) is 65.3 Å². The molecule has 2 aromatic heterocycles. The summed E-state index contributed by atoms with van der Waals surface area (Å²) in [6.45, 7) is 5.76. The Balaban J connectivity index is 1.50. The van der Waals surface area contributed by atoms with E-state index >= 15 is 8.78 Å². The number of aryl methyl sites for hydroxylation is 1. The molecule has 4 aromatic rings. The number of halogens is 4. The van der Waals surface area contributed by atoms with E-state index in [4.69, 9.17) is 35.0 Å². The van der Waals surface area contributed by atoms with Crippen LogP contribution >= 0.6 is 0 Å². The third-order valence-corrected chi connectivity index (χ3v) is 9.05. The Labute approximate surface area is 302 Å². The maximum atomic E-state index is 15.3. The number of unbranched alkanes of at least 4 members (excludes halogenated alkanes) is 2. The Bertz CT molecular complexity index is 1820. The first-order chi connectivity index (χ1) is 25.2. The number of aromatic nitrogens is 4. The number of para-hydroxylation sites is 1. The molecule has 52 heavy (non-hydrogen) atoms. The highest BCUT2D eigenvalue weighted by Gasteiger charge is 2.23. The Morgan fingerprint density at radius 1 is 0.962 bits per heavy atom. The monoisotopic (exact) mass is 724 g/mol. The van der Waals surface area contributed by atoms with Crippen molar-refractivity contribution in [2.24, 2.45) is 17.6 Å². The standard InChI is InChI=1S/C39H48F4N6O3/c1-25-12-13-26(2)31(38(42)43)20-28(19-25)45-36-21-27(9-5-4-8-15-51-16-14-44)46-39(47-36)37-30-10-6-7-11-35(30)49(48-37)24-32-33(40)22-29(23-34(32)41)52-18-17-50-3/h6-7,10-11,19-23,25-26,38H,4-5,8-9,12-18,24,44H2,1-3H3,(H,45,46,47). The Kier molecular flexibility index (Phi) is 14.2. The van der Waals surface area contributed by atoms with Crippen LogP contribution in [0.1, 0.15) is 57.2 Å². The van der Waals surface area contributed by atoms with E-state index in [9.17, 15) is 8.78 Å². The summed E-state index contributed by atoms with van der Waals surface area (Å²) in [5, 5.41) is 8.80. The number of nitrogens with one attached hydrogen (secondary N) is 1. The van der Waals surface area contributed by atoms with Crippen LogP contribution in [-0.2, 0) is 22.4 Å². The second-order valence-electron chi connectivity index (χ2n) is 13.2. The van der Waals surface area contributed by atoms with Gasteiger partial charge in [-0.15, -0.1) is 0 Å². The predicted molar refractivity (Wildman–Crippen MR) is 194 cm³/mol. The number of allylic oxidation sites excluding steroid dienone is 3. The fourth-order valence-electron chi connectivity index (χ4n) is 6.23. The number of methoxy groups -OCH3 is 1. The molecule has 0 spiro atoms. The molecular formula is C39H48F4N6O3. The van der Waals surface area contributed by atoms with Crippen LogP contribution in [0, 0.1) is 23.5 Å². The lowest BCUT2D eigenvalue weighted by atomic mass is 9.88. The van der Waals surface area contributed by atoms with Gasteiger partial charge < -0.3 is 25.3 Å². The van der Waals surface area contributed by atoms with Gasteiger partial charge in [0.2, 0.25) is 0 Å². The zero-order valence-electron chi connectivity index (χ0n) is 30.0.